The Labute approximate surface area is 135 Å². The Morgan fingerprint density at radius 3 is 2.54 bits per heavy atom. The first-order valence-electron chi connectivity index (χ1n) is 7.13. The van der Waals surface area contributed by atoms with E-state index in [0.29, 0.717) is 17.4 Å². The zero-order chi connectivity index (χ0) is 17.4. The lowest BCUT2D eigenvalue weighted by molar-refractivity contribution is 0.0968. The zero-order valence-corrected chi connectivity index (χ0v) is 12.6. The minimum Gasteiger partial charge on any atom is -0.490 e. The van der Waals surface area contributed by atoms with Crippen molar-refractivity contribution in [2.75, 3.05) is 18.1 Å². The second-order valence-corrected chi connectivity index (χ2v) is 5.27. The minimum atomic E-state index is -1.70. The van der Waals surface area contributed by atoms with Crippen LogP contribution < -0.4 is 9.64 Å². The lowest BCUT2D eigenvalue weighted by atomic mass is 10.1. The third-order valence-electron chi connectivity index (χ3n) is 3.74. The molecule has 7 heteroatoms. The molecule has 1 amide bonds. The normalized spacial score (nSPS) is 13.2. The summed E-state index contributed by atoms with van der Waals surface area (Å²) in [7, 11) is 0. The zero-order valence-electron chi connectivity index (χ0n) is 12.6. The van der Waals surface area contributed by atoms with Gasteiger partial charge < -0.3 is 9.64 Å². The van der Waals surface area contributed by atoms with Crippen LogP contribution in [0.15, 0.2) is 30.3 Å². The SMILES string of the molecule is CC(=O)c1ccc2c(c1)N(C(=O)c1ccc(F)c(F)c1F)CCO2. The Balaban J connectivity index is 2.06. The fourth-order valence-electron chi connectivity index (χ4n) is 2.48. The molecule has 2 aromatic rings. The summed E-state index contributed by atoms with van der Waals surface area (Å²) in [4.78, 5) is 25.3. The van der Waals surface area contributed by atoms with E-state index < -0.39 is 28.9 Å². The Hall–Kier alpha value is -2.83. The first-order chi connectivity index (χ1) is 11.4. The summed E-state index contributed by atoms with van der Waals surface area (Å²) in [6.45, 7) is 1.61. The third kappa shape index (κ3) is 2.62. The van der Waals surface area contributed by atoms with E-state index in [-0.39, 0.29) is 24.6 Å². The number of carbonyl (C=O) groups excluding carboxylic acids is 2. The molecule has 0 bridgehead atoms. The molecule has 3 rings (SSSR count). The molecule has 0 radical (unpaired) electrons. The summed E-state index contributed by atoms with van der Waals surface area (Å²) in [6.07, 6.45) is 0. The molecule has 0 unspecified atom stereocenters. The van der Waals surface area contributed by atoms with Crippen molar-refractivity contribution >= 4 is 17.4 Å². The van der Waals surface area contributed by atoms with E-state index in [4.69, 9.17) is 4.74 Å². The van der Waals surface area contributed by atoms with Crippen LogP contribution in [0.5, 0.6) is 5.75 Å². The van der Waals surface area contributed by atoms with E-state index >= 15 is 0 Å². The molecule has 0 spiro atoms. The van der Waals surface area contributed by atoms with Gasteiger partial charge in [-0.1, -0.05) is 0 Å². The van der Waals surface area contributed by atoms with E-state index in [1.807, 2.05) is 0 Å². The molecule has 0 fully saturated rings. The molecule has 0 aromatic heterocycles. The first kappa shape index (κ1) is 16.0. The molecule has 2 aromatic carbocycles. The van der Waals surface area contributed by atoms with Gasteiger partial charge in [-0.15, -0.1) is 0 Å². The maximum atomic E-state index is 13.9. The smallest absolute Gasteiger partial charge is 0.261 e. The highest BCUT2D eigenvalue weighted by Gasteiger charge is 2.29. The van der Waals surface area contributed by atoms with E-state index in [1.54, 1.807) is 6.07 Å². The Morgan fingerprint density at radius 1 is 1.08 bits per heavy atom. The number of nitrogens with zero attached hydrogens (tertiary/aromatic N) is 1. The van der Waals surface area contributed by atoms with Gasteiger partial charge in [0, 0.05) is 5.56 Å². The van der Waals surface area contributed by atoms with Crippen LogP contribution in [0.3, 0.4) is 0 Å². The molecule has 1 heterocycles. The van der Waals surface area contributed by atoms with Gasteiger partial charge in [0.15, 0.2) is 23.2 Å². The summed E-state index contributed by atoms with van der Waals surface area (Å²) in [5, 5.41) is 0. The van der Waals surface area contributed by atoms with Crippen LogP contribution in [0.4, 0.5) is 18.9 Å². The van der Waals surface area contributed by atoms with Gasteiger partial charge in [0.25, 0.3) is 5.91 Å². The molecule has 124 valence electrons. The van der Waals surface area contributed by atoms with E-state index in [0.717, 1.165) is 6.07 Å². The van der Waals surface area contributed by atoms with Gasteiger partial charge in [-0.25, -0.2) is 13.2 Å². The fourth-order valence-corrected chi connectivity index (χ4v) is 2.48. The fraction of sp³-hybridized carbons (Fsp3) is 0.176. The highest BCUT2D eigenvalue weighted by Crippen LogP contribution is 2.34. The Kier molecular flexibility index (Phi) is 4.01. The van der Waals surface area contributed by atoms with Crippen molar-refractivity contribution in [3.05, 3.63) is 58.9 Å². The standard InChI is InChI=1S/C17H12F3NO3/c1-9(22)10-2-5-14-13(8-10)21(6-7-24-14)17(23)11-3-4-12(18)16(20)15(11)19/h2-5,8H,6-7H2,1H3. The molecular weight excluding hydrogens is 323 g/mol. The van der Waals surface area contributed by atoms with E-state index in [2.05, 4.69) is 0 Å². The number of ether oxygens (including phenoxy) is 1. The molecule has 4 nitrogen and oxygen atoms in total. The molecule has 0 aliphatic carbocycles. The van der Waals surface area contributed by atoms with Crippen LogP contribution in [0.1, 0.15) is 27.6 Å². The topological polar surface area (TPSA) is 46.6 Å². The minimum absolute atomic E-state index is 0.0889. The maximum absolute atomic E-state index is 13.9. The third-order valence-corrected chi connectivity index (χ3v) is 3.74. The van der Waals surface area contributed by atoms with Gasteiger partial charge in [0.05, 0.1) is 17.8 Å². The number of hydrogen-bond acceptors (Lipinski definition) is 3. The highest BCUT2D eigenvalue weighted by atomic mass is 19.2. The summed E-state index contributed by atoms with van der Waals surface area (Å²) in [5.74, 6) is -5.32. The average Bonchev–Trinajstić information content (AvgIpc) is 2.58. The average molecular weight is 335 g/mol. The summed E-state index contributed by atoms with van der Waals surface area (Å²) < 4.78 is 45.8. The largest absolute Gasteiger partial charge is 0.490 e. The van der Waals surface area contributed by atoms with Gasteiger partial charge in [-0.2, -0.15) is 0 Å². The number of halogens is 3. The number of fused-ring (bicyclic) bond motifs is 1. The molecule has 0 saturated carbocycles. The Bertz CT molecular complexity index is 851. The number of benzene rings is 2. The molecule has 0 N–H and O–H groups in total. The van der Waals surface area contributed by atoms with Crippen LogP contribution in [0.2, 0.25) is 0 Å². The number of amides is 1. The van der Waals surface area contributed by atoms with Gasteiger partial charge in [0.1, 0.15) is 12.4 Å². The number of carbonyl (C=O) groups is 2. The van der Waals surface area contributed by atoms with Crippen LogP contribution in [0, 0.1) is 17.5 Å². The van der Waals surface area contributed by atoms with Gasteiger partial charge in [0.2, 0.25) is 0 Å². The molecule has 0 atom stereocenters. The van der Waals surface area contributed by atoms with Gasteiger partial charge in [-0.05, 0) is 37.3 Å². The highest BCUT2D eigenvalue weighted by molar-refractivity contribution is 6.08. The van der Waals surface area contributed by atoms with Crippen molar-refractivity contribution in [3.8, 4) is 5.75 Å². The van der Waals surface area contributed by atoms with E-state index in [1.165, 1.54) is 24.0 Å². The lowest BCUT2D eigenvalue weighted by Gasteiger charge is -2.30. The second-order valence-electron chi connectivity index (χ2n) is 5.27. The van der Waals surface area contributed by atoms with Crippen molar-refractivity contribution in [1.29, 1.82) is 0 Å². The van der Waals surface area contributed by atoms with Crippen molar-refractivity contribution < 1.29 is 27.5 Å². The van der Waals surface area contributed by atoms with Crippen LogP contribution in [0.25, 0.3) is 0 Å². The summed E-state index contributed by atoms with van der Waals surface area (Å²) >= 11 is 0. The molecule has 1 aliphatic rings. The number of ketones is 1. The quantitative estimate of drug-likeness (QED) is 0.625. The van der Waals surface area contributed by atoms with Gasteiger partial charge in [-0.3, -0.25) is 9.59 Å². The van der Waals surface area contributed by atoms with Crippen molar-refractivity contribution in [3.63, 3.8) is 0 Å². The molecule has 0 saturated heterocycles. The number of hydrogen-bond donors (Lipinski definition) is 0. The van der Waals surface area contributed by atoms with Crippen LogP contribution in [-0.4, -0.2) is 24.8 Å². The predicted molar refractivity (Wildman–Crippen MR) is 79.9 cm³/mol. The molecule has 1 aliphatic heterocycles. The van der Waals surface area contributed by atoms with Crippen LogP contribution in [-0.2, 0) is 0 Å². The first-order valence-corrected chi connectivity index (χ1v) is 7.13. The summed E-state index contributed by atoms with van der Waals surface area (Å²) in [5.41, 5.74) is 0.0425. The van der Waals surface area contributed by atoms with Gasteiger partial charge >= 0.3 is 0 Å². The van der Waals surface area contributed by atoms with E-state index in [9.17, 15) is 22.8 Å². The number of Topliss-reactive ketones (excluding diaryl/α,β-unsaturated/α-hetero) is 1. The summed E-state index contributed by atoms with van der Waals surface area (Å²) in [6, 6.07) is 6.12. The molecule has 24 heavy (non-hydrogen) atoms. The van der Waals surface area contributed by atoms with Crippen molar-refractivity contribution in [2.45, 2.75) is 6.92 Å². The predicted octanol–water partition coefficient (Wildman–Crippen LogP) is 3.35. The maximum Gasteiger partial charge on any atom is 0.261 e. The van der Waals surface area contributed by atoms with Crippen molar-refractivity contribution in [1.82, 2.24) is 0 Å². The number of anilines is 1. The monoisotopic (exact) mass is 335 g/mol. The lowest BCUT2D eigenvalue weighted by Crippen LogP contribution is -2.38. The molecular formula is C17H12F3NO3. The number of rotatable bonds is 2. The van der Waals surface area contributed by atoms with Crippen LogP contribution >= 0.6 is 0 Å². The Morgan fingerprint density at radius 2 is 1.83 bits per heavy atom. The second kappa shape index (κ2) is 5.99. The van der Waals surface area contributed by atoms with Crippen molar-refractivity contribution in [2.24, 2.45) is 0 Å².